The van der Waals surface area contributed by atoms with Crippen molar-refractivity contribution in [3.63, 3.8) is 0 Å². The fraction of sp³-hybridized carbons (Fsp3) is 0.600. The Kier molecular flexibility index (Phi) is 5.44. The quantitative estimate of drug-likeness (QED) is 0.307. The summed E-state index contributed by atoms with van der Waals surface area (Å²) in [6, 6.07) is 0. The van der Waals surface area contributed by atoms with Crippen LogP contribution in [0.1, 0.15) is 20.8 Å². The number of rotatable bonds is 5. The van der Waals surface area contributed by atoms with Crippen LogP contribution in [-0.2, 0) is 9.53 Å². The molecule has 0 fully saturated rings. The van der Waals surface area contributed by atoms with E-state index in [-0.39, 0.29) is 12.7 Å². The van der Waals surface area contributed by atoms with E-state index in [4.69, 9.17) is 4.74 Å². The van der Waals surface area contributed by atoms with Crippen LogP contribution < -0.4 is 10.6 Å². The van der Waals surface area contributed by atoms with Crippen molar-refractivity contribution in [2.24, 2.45) is 10.4 Å². The second kappa shape index (κ2) is 6.06. The van der Waals surface area contributed by atoms with Gasteiger partial charge in [0.2, 0.25) is 0 Å². The molecule has 0 bridgehead atoms. The maximum absolute atomic E-state index is 11.3. The van der Waals surface area contributed by atoms with Gasteiger partial charge in [-0.25, -0.2) is 0 Å². The molecule has 0 radical (unpaired) electrons. The largest absolute Gasteiger partial charge is 0.444 e. The first-order valence-corrected chi connectivity index (χ1v) is 4.65. The monoisotopic (exact) mass is 213 g/mol. The van der Waals surface area contributed by atoms with Gasteiger partial charge in [-0.2, -0.15) is 0 Å². The van der Waals surface area contributed by atoms with Gasteiger partial charge >= 0.3 is 5.97 Å². The van der Waals surface area contributed by atoms with Crippen LogP contribution in [0.2, 0.25) is 0 Å². The molecule has 0 amide bonds. The molecular formula is C10H19N3O2. The number of esters is 1. The molecule has 5 nitrogen and oxygen atoms in total. The van der Waals surface area contributed by atoms with Crippen LogP contribution in [-0.4, -0.2) is 26.1 Å². The van der Waals surface area contributed by atoms with Crippen LogP contribution in [0.5, 0.6) is 0 Å². The van der Waals surface area contributed by atoms with Gasteiger partial charge in [-0.3, -0.25) is 9.79 Å². The van der Waals surface area contributed by atoms with Crippen LogP contribution >= 0.6 is 0 Å². The Bertz CT molecular complexity index is 254. The third kappa shape index (κ3) is 6.54. The third-order valence-corrected chi connectivity index (χ3v) is 1.47. The highest BCUT2D eigenvalue weighted by molar-refractivity contribution is 5.75. The van der Waals surface area contributed by atoms with Gasteiger partial charge in [0.05, 0.1) is 17.6 Å². The number of aliphatic imine (C=N–C) groups is 1. The van der Waals surface area contributed by atoms with Gasteiger partial charge in [0.25, 0.3) is 0 Å². The highest BCUT2D eigenvalue weighted by Gasteiger charge is 2.22. The number of ether oxygens (including phenoxy) is 1. The van der Waals surface area contributed by atoms with Crippen LogP contribution in [0.15, 0.2) is 17.4 Å². The lowest BCUT2D eigenvalue weighted by Gasteiger charge is -2.17. The van der Waals surface area contributed by atoms with Crippen molar-refractivity contribution in [2.75, 3.05) is 13.8 Å². The van der Waals surface area contributed by atoms with E-state index in [1.807, 2.05) is 0 Å². The lowest BCUT2D eigenvalue weighted by Crippen LogP contribution is -2.31. The standard InChI is InChI=1S/C10H19N3O2/c1-8(12-6-11-5)13-7-15-9(14)10(2,3)4/h6,13H,1,7H2,2-5H3,(H,11,12). The molecule has 0 saturated heterocycles. The van der Waals surface area contributed by atoms with Crippen molar-refractivity contribution < 1.29 is 9.53 Å². The maximum Gasteiger partial charge on any atom is 0.312 e. The summed E-state index contributed by atoms with van der Waals surface area (Å²) < 4.78 is 4.96. The topological polar surface area (TPSA) is 62.7 Å². The number of carbonyl (C=O) groups excluding carboxylic acids is 1. The van der Waals surface area contributed by atoms with Crippen LogP contribution in [0.25, 0.3) is 0 Å². The molecule has 0 aromatic heterocycles. The van der Waals surface area contributed by atoms with E-state index in [0.717, 1.165) is 0 Å². The second-order valence-corrected chi connectivity index (χ2v) is 4.01. The minimum Gasteiger partial charge on any atom is -0.444 e. The molecular weight excluding hydrogens is 194 g/mol. The highest BCUT2D eigenvalue weighted by atomic mass is 16.5. The van der Waals surface area contributed by atoms with Gasteiger partial charge in [0.15, 0.2) is 6.73 Å². The zero-order valence-electron chi connectivity index (χ0n) is 9.76. The van der Waals surface area contributed by atoms with Gasteiger partial charge in [-0.15, -0.1) is 0 Å². The lowest BCUT2D eigenvalue weighted by atomic mass is 9.98. The van der Waals surface area contributed by atoms with E-state index in [9.17, 15) is 4.79 Å². The molecule has 0 aliphatic heterocycles. The van der Waals surface area contributed by atoms with Crippen molar-refractivity contribution in [1.82, 2.24) is 10.6 Å². The summed E-state index contributed by atoms with van der Waals surface area (Å²) in [7, 11) is 1.64. The minimum atomic E-state index is -0.485. The van der Waals surface area contributed by atoms with Gasteiger partial charge in [0, 0.05) is 7.05 Å². The van der Waals surface area contributed by atoms with E-state index in [0.29, 0.717) is 5.82 Å². The van der Waals surface area contributed by atoms with Crippen molar-refractivity contribution in [1.29, 1.82) is 0 Å². The fourth-order valence-corrected chi connectivity index (χ4v) is 0.599. The SMILES string of the molecule is C=C(NC=NC)NCOC(=O)C(C)(C)C. The summed E-state index contributed by atoms with van der Waals surface area (Å²) in [5.41, 5.74) is -0.485. The second-order valence-electron chi connectivity index (χ2n) is 4.01. The predicted molar refractivity (Wildman–Crippen MR) is 60.2 cm³/mol. The lowest BCUT2D eigenvalue weighted by molar-refractivity contribution is -0.153. The highest BCUT2D eigenvalue weighted by Crippen LogP contribution is 2.14. The average Bonchev–Trinajstić information content (AvgIpc) is 2.13. The summed E-state index contributed by atoms with van der Waals surface area (Å²) in [6.45, 7) is 9.14. The maximum atomic E-state index is 11.3. The van der Waals surface area contributed by atoms with E-state index in [2.05, 4.69) is 22.2 Å². The molecule has 0 unspecified atom stereocenters. The first kappa shape index (κ1) is 13.5. The number of carbonyl (C=O) groups is 1. The van der Waals surface area contributed by atoms with E-state index in [1.54, 1.807) is 27.8 Å². The minimum absolute atomic E-state index is 0.0967. The normalized spacial score (nSPS) is 11.2. The molecule has 0 saturated carbocycles. The molecule has 2 N–H and O–H groups in total. The molecule has 5 heteroatoms. The summed E-state index contributed by atoms with van der Waals surface area (Å²) in [6.07, 6.45) is 1.49. The van der Waals surface area contributed by atoms with Crippen molar-refractivity contribution in [3.05, 3.63) is 12.4 Å². The summed E-state index contributed by atoms with van der Waals surface area (Å²) in [4.78, 5) is 15.0. The molecule has 0 rings (SSSR count). The van der Waals surface area contributed by atoms with Gasteiger partial charge < -0.3 is 15.4 Å². The summed E-state index contributed by atoms with van der Waals surface area (Å²) >= 11 is 0. The predicted octanol–water partition coefficient (Wildman–Crippen LogP) is 0.842. The smallest absolute Gasteiger partial charge is 0.312 e. The van der Waals surface area contributed by atoms with Gasteiger partial charge in [-0.1, -0.05) is 6.58 Å². The molecule has 0 aromatic carbocycles. The Labute approximate surface area is 90.6 Å². The molecule has 0 atom stereocenters. The number of nitrogens with one attached hydrogen (secondary N) is 2. The van der Waals surface area contributed by atoms with E-state index >= 15 is 0 Å². The number of hydrogen-bond donors (Lipinski definition) is 2. The van der Waals surface area contributed by atoms with E-state index in [1.165, 1.54) is 6.34 Å². The van der Waals surface area contributed by atoms with Crippen LogP contribution in [0.3, 0.4) is 0 Å². The third-order valence-electron chi connectivity index (χ3n) is 1.47. The van der Waals surface area contributed by atoms with Crippen molar-refractivity contribution in [2.45, 2.75) is 20.8 Å². The number of hydrogen-bond acceptors (Lipinski definition) is 4. The molecule has 0 aromatic rings. The van der Waals surface area contributed by atoms with Crippen LogP contribution in [0, 0.1) is 5.41 Å². The summed E-state index contributed by atoms with van der Waals surface area (Å²) in [5.74, 6) is 0.272. The first-order chi connectivity index (χ1) is 6.88. The molecule has 86 valence electrons. The Morgan fingerprint density at radius 1 is 1.53 bits per heavy atom. The first-order valence-electron chi connectivity index (χ1n) is 4.65. The zero-order valence-corrected chi connectivity index (χ0v) is 9.76. The van der Waals surface area contributed by atoms with Gasteiger partial charge in [-0.05, 0) is 20.8 Å². The summed E-state index contributed by atoms with van der Waals surface area (Å²) in [5, 5.41) is 5.54. The van der Waals surface area contributed by atoms with Crippen molar-refractivity contribution in [3.8, 4) is 0 Å². The fourth-order valence-electron chi connectivity index (χ4n) is 0.599. The van der Waals surface area contributed by atoms with E-state index < -0.39 is 5.41 Å². The average molecular weight is 213 g/mol. The Morgan fingerprint density at radius 2 is 2.13 bits per heavy atom. The zero-order chi connectivity index (χ0) is 11.9. The molecule has 0 aliphatic rings. The Hall–Kier alpha value is -1.52. The molecule has 0 spiro atoms. The molecule has 0 heterocycles. The Morgan fingerprint density at radius 3 is 2.60 bits per heavy atom. The molecule has 0 aliphatic carbocycles. The molecule has 15 heavy (non-hydrogen) atoms. The van der Waals surface area contributed by atoms with Crippen molar-refractivity contribution >= 4 is 12.3 Å². The van der Waals surface area contributed by atoms with Crippen LogP contribution in [0.4, 0.5) is 0 Å². The Balaban J connectivity index is 3.71. The van der Waals surface area contributed by atoms with Gasteiger partial charge in [0.1, 0.15) is 0 Å². The number of nitrogens with zero attached hydrogens (tertiary/aromatic N) is 1.